The molecule has 2 N–H and O–H groups in total. The molecule has 9 nitrogen and oxygen atoms in total. The zero-order valence-electron chi connectivity index (χ0n) is 19.2. The molecule has 4 rings (SSSR count). The molecule has 1 amide bonds. The van der Waals surface area contributed by atoms with Crippen LogP contribution in [0.4, 0.5) is 17.2 Å². The van der Waals surface area contributed by atoms with Gasteiger partial charge in [0.2, 0.25) is 0 Å². The van der Waals surface area contributed by atoms with E-state index >= 15 is 0 Å². The lowest BCUT2D eigenvalue weighted by atomic mass is 10.0. The Bertz CT molecular complexity index is 1150. The number of nitrogens with zero attached hydrogens (tertiary/aromatic N) is 4. The molecule has 0 spiro atoms. The number of rotatable bonds is 7. The van der Waals surface area contributed by atoms with E-state index in [1.54, 1.807) is 12.1 Å². The summed E-state index contributed by atoms with van der Waals surface area (Å²) in [4.78, 5) is 35.7. The van der Waals surface area contributed by atoms with Crippen LogP contribution in [0.3, 0.4) is 0 Å². The van der Waals surface area contributed by atoms with Crippen LogP contribution in [0.25, 0.3) is 10.9 Å². The summed E-state index contributed by atoms with van der Waals surface area (Å²) in [7, 11) is 0. The van der Waals surface area contributed by atoms with Gasteiger partial charge in [-0.1, -0.05) is 0 Å². The minimum atomic E-state index is -0.429. The van der Waals surface area contributed by atoms with Crippen molar-refractivity contribution in [3.05, 3.63) is 58.4 Å². The van der Waals surface area contributed by atoms with Crippen molar-refractivity contribution in [3.63, 3.8) is 0 Å². The minimum absolute atomic E-state index is 0.0156. The summed E-state index contributed by atoms with van der Waals surface area (Å²) in [5.74, 6) is 0.881. The Morgan fingerprint density at radius 3 is 2.73 bits per heavy atom. The van der Waals surface area contributed by atoms with Gasteiger partial charge in [0.05, 0.1) is 10.6 Å². The smallest absolute Gasteiger partial charge is 0.270 e. The Morgan fingerprint density at radius 2 is 2.06 bits per heavy atom. The van der Waals surface area contributed by atoms with Crippen LogP contribution in [0.5, 0.6) is 0 Å². The largest absolute Gasteiger partial charge is 0.380 e. The van der Waals surface area contributed by atoms with Crippen LogP contribution >= 0.6 is 0 Å². The van der Waals surface area contributed by atoms with Crippen molar-refractivity contribution in [2.45, 2.75) is 45.7 Å². The molecule has 0 saturated carbocycles. The lowest BCUT2D eigenvalue weighted by Crippen LogP contribution is -2.47. The number of likely N-dealkylation sites (tertiary alicyclic amines) is 1. The quantitative estimate of drug-likeness (QED) is 0.407. The van der Waals surface area contributed by atoms with Crippen molar-refractivity contribution in [1.82, 2.24) is 14.9 Å². The number of anilines is 2. The Morgan fingerprint density at radius 1 is 1.30 bits per heavy atom. The molecule has 0 aliphatic carbocycles. The van der Waals surface area contributed by atoms with Gasteiger partial charge in [0.1, 0.15) is 5.69 Å². The van der Waals surface area contributed by atoms with Gasteiger partial charge in [-0.25, -0.2) is 4.98 Å². The topological polar surface area (TPSA) is 107 Å². The first-order chi connectivity index (χ1) is 15.9. The van der Waals surface area contributed by atoms with Gasteiger partial charge in [-0.15, -0.1) is 0 Å². The number of hydrogen-bond donors (Lipinski definition) is 2. The van der Waals surface area contributed by atoms with Gasteiger partial charge >= 0.3 is 0 Å². The molecular formula is C24H30N6O3. The van der Waals surface area contributed by atoms with Gasteiger partial charge < -0.3 is 20.1 Å². The number of nitrogens with one attached hydrogen (secondary N) is 2. The molecule has 3 heterocycles. The maximum atomic E-state index is 13.1. The molecule has 0 radical (unpaired) electrons. The lowest BCUT2D eigenvalue weighted by molar-refractivity contribution is -0.384. The Hall–Kier alpha value is -3.62. The number of fused-ring (bicyclic) bond motifs is 1. The molecule has 0 bridgehead atoms. The molecule has 174 valence electrons. The second kappa shape index (κ2) is 9.48. The van der Waals surface area contributed by atoms with Crippen LogP contribution in [0.1, 0.15) is 44.1 Å². The highest BCUT2D eigenvalue weighted by atomic mass is 16.6. The molecule has 0 atom stereocenters. The van der Waals surface area contributed by atoms with E-state index in [-0.39, 0.29) is 11.6 Å². The normalized spacial score (nSPS) is 14.6. The molecule has 1 aromatic carbocycles. The molecule has 0 unspecified atom stereocenters. The summed E-state index contributed by atoms with van der Waals surface area (Å²) in [6.07, 6.45) is 3.52. The SMILES string of the molecule is CCN(c1ncccc1NC(C)C)C1CCN(C(=O)c2cc3cc([N+](=O)[O-])ccc3[nH]2)CC1. The van der Waals surface area contributed by atoms with Crippen LogP contribution in [-0.2, 0) is 0 Å². The Labute approximate surface area is 192 Å². The minimum Gasteiger partial charge on any atom is -0.380 e. The number of non-ortho nitro benzene ring substituents is 1. The number of piperidine rings is 1. The first-order valence-electron chi connectivity index (χ1n) is 11.4. The number of aromatic amines is 1. The number of benzene rings is 1. The summed E-state index contributed by atoms with van der Waals surface area (Å²) >= 11 is 0. The van der Waals surface area contributed by atoms with E-state index < -0.39 is 4.92 Å². The van der Waals surface area contributed by atoms with Crippen LogP contribution in [0.15, 0.2) is 42.6 Å². The molecule has 1 aliphatic heterocycles. The summed E-state index contributed by atoms with van der Waals surface area (Å²) in [6.45, 7) is 8.49. The van der Waals surface area contributed by atoms with E-state index in [1.807, 2.05) is 17.2 Å². The van der Waals surface area contributed by atoms with Gasteiger partial charge in [0.15, 0.2) is 5.82 Å². The second-order valence-electron chi connectivity index (χ2n) is 8.69. The van der Waals surface area contributed by atoms with E-state index in [4.69, 9.17) is 0 Å². The number of H-pyrrole nitrogens is 1. The van der Waals surface area contributed by atoms with Crippen LogP contribution in [0.2, 0.25) is 0 Å². The fourth-order valence-electron chi connectivity index (χ4n) is 4.53. The van der Waals surface area contributed by atoms with Gasteiger partial charge in [-0.2, -0.15) is 0 Å². The summed E-state index contributed by atoms with van der Waals surface area (Å²) in [5, 5.41) is 15.2. The van der Waals surface area contributed by atoms with E-state index in [0.717, 1.165) is 36.4 Å². The highest BCUT2D eigenvalue weighted by molar-refractivity contribution is 5.98. The van der Waals surface area contributed by atoms with Crippen LogP contribution in [-0.4, -0.2) is 57.4 Å². The van der Waals surface area contributed by atoms with Crippen molar-refractivity contribution in [1.29, 1.82) is 0 Å². The molecule has 1 aliphatic rings. The second-order valence-corrected chi connectivity index (χ2v) is 8.69. The van der Waals surface area contributed by atoms with Gasteiger partial charge in [-0.3, -0.25) is 14.9 Å². The predicted molar refractivity (Wildman–Crippen MR) is 130 cm³/mol. The molecule has 9 heteroatoms. The van der Waals surface area contributed by atoms with Gasteiger partial charge in [0.25, 0.3) is 11.6 Å². The molecule has 1 saturated heterocycles. The number of pyridine rings is 1. The maximum Gasteiger partial charge on any atom is 0.270 e. The number of nitro benzene ring substituents is 1. The van der Waals surface area contributed by atoms with Crippen LogP contribution in [0, 0.1) is 10.1 Å². The first kappa shape index (κ1) is 22.6. The zero-order chi connectivity index (χ0) is 23.5. The molecule has 2 aromatic heterocycles. The van der Waals surface area contributed by atoms with Crippen molar-refractivity contribution in [3.8, 4) is 0 Å². The summed E-state index contributed by atoms with van der Waals surface area (Å²) in [5.41, 5.74) is 2.22. The fourth-order valence-corrected chi connectivity index (χ4v) is 4.53. The Kier molecular flexibility index (Phi) is 6.48. The van der Waals surface area contributed by atoms with Crippen molar-refractivity contribution in [2.75, 3.05) is 29.9 Å². The maximum absolute atomic E-state index is 13.1. The number of nitro groups is 1. The van der Waals surface area contributed by atoms with E-state index in [2.05, 4.69) is 47.0 Å². The third-order valence-electron chi connectivity index (χ3n) is 6.08. The number of amides is 1. The lowest BCUT2D eigenvalue weighted by Gasteiger charge is -2.39. The molecule has 33 heavy (non-hydrogen) atoms. The number of hydrogen-bond acceptors (Lipinski definition) is 6. The molecule has 1 fully saturated rings. The third-order valence-corrected chi connectivity index (χ3v) is 6.08. The average Bonchev–Trinajstić information content (AvgIpc) is 3.24. The van der Waals surface area contributed by atoms with Crippen molar-refractivity contribution < 1.29 is 9.72 Å². The van der Waals surface area contributed by atoms with E-state index in [0.29, 0.717) is 36.3 Å². The van der Waals surface area contributed by atoms with E-state index in [9.17, 15) is 14.9 Å². The third kappa shape index (κ3) is 4.76. The van der Waals surface area contributed by atoms with E-state index in [1.165, 1.54) is 12.1 Å². The van der Waals surface area contributed by atoms with Crippen molar-refractivity contribution >= 4 is 34.0 Å². The number of carbonyl (C=O) groups is 1. The standard InChI is InChI=1S/C24H30N6O3/c1-4-29(23-21(26-16(2)3)6-5-11-25-23)18-9-12-28(13-10-18)24(31)22-15-17-14-19(30(32)33)7-8-20(17)27-22/h5-8,11,14-16,18,26-27H,4,9-10,12-13H2,1-3H3. The first-order valence-corrected chi connectivity index (χ1v) is 11.4. The zero-order valence-corrected chi connectivity index (χ0v) is 19.2. The number of aromatic nitrogens is 2. The summed E-state index contributed by atoms with van der Waals surface area (Å²) in [6, 6.07) is 10.9. The van der Waals surface area contributed by atoms with Crippen molar-refractivity contribution in [2.24, 2.45) is 0 Å². The fraction of sp³-hybridized carbons (Fsp3) is 0.417. The molecular weight excluding hydrogens is 420 g/mol. The highest BCUT2D eigenvalue weighted by Crippen LogP contribution is 2.29. The number of carbonyl (C=O) groups excluding carboxylic acids is 1. The van der Waals surface area contributed by atoms with Gasteiger partial charge in [0, 0.05) is 61.0 Å². The van der Waals surface area contributed by atoms with Gasteiger partial charge in [-0.05, 0) is 57.9 Å². The predicted octanol–water partition coefficient (Wildman–Crippen LogP) is 4.42. The summed E-state index contributed by atoms with van der Waals surface area (Å²) < 4.78 is 0. The highest BCUT2D eigenvalue weighted by Gasteiger charge is 2.29. The molecule has 3 aromatic rings. The Balaban J connectivity index is 1.45. The average molecular weight is 451 g/mol. The van der Waals surface area contributed by atoms with Crippen LogP contribution < -0.4 is 10.2 Å². The monoisotopic (exact) mass is 450 g/mol.